The normalized spacial score (nSPS) is 10.2. The number of rotatable bonds is 4. The van der Waals surface area contributed by atoms with Crippen LogP contribution in [0.5, 0.6) is 0 Å². The summed E-state index contributed by atoms with van der Waals surface area (Å²) in [5.41, 5.74) is 5.49. The molecule has 1 rings (SSSR count). The van der Waals surface area contributed by atoms with E-state index in [0.717, 1.165) is 16.8 Å². The number of methoxy groups -OCH3 is 1. The van der Waals surface area contributed by atoms with Crippen LogP contribution in [0.25, 0.3) is 0 Å². The van der Waals surface area contributed by atoms with Crippen molar-refractivity contribution in [2.45, 2.75) is 0 Å². The molecule has 0 aliphatic rings. The summed E-state index contributed by atoms with van der Waals surface area (Å²) < 4.78 is 5.80. The van der Waals surface area contributed by atoms with Crippen LogP contribution in [0.15, 0.2) is 10.7 Å². The van der Waals surface area contributed by atoms with E-state index in [1.807, 2.05) is 11.9 Å². The van der Waals surface area contributed by atoms with Crippen molar-refractivity contribution < 1.29 is 4.74 Å². The number of nitrogens with two attached hydrogens (primary N) is 1. The molecule has 6 heteroatoms. The van der Waals surface area contributed by atoms with Gasteiger partial charge in [-0.25, -0.2) is 4.98 Å². The molecule has 0 bridgehead atoms. The number of aromatic nitrogens is 2. The maximum atomic E-state index is 5.49. The summed E-state index contributed by atoms with van der Waals surface area (Å²) in [6.07, 6.45) is 1.64. The van der Waals surface area contributed by atoms with Crippen molar-refractivity contribution in [3.05, 3.63) is 10.7 Å². The molecule has 0 spiro atoms. The minimum Gasteiger partial charge on any atom is -0.383 e. The number of nitrogens with zero attached hydrogens (tertiary/aromatic N) is 3. The Bertz CT molecular complexity index is 307. The first-order valence-corrected chi connectivity index (χ1v) is 4.92. The molecule has 0 atom stereocenters. The Hall–Kier alpha value is -0.880. The van der Waals surface area contributed by atoms with Gasteiger partial charge in [0.2, 0.25) is 5.95 Å². The van der Waals surface area contributed by atoms with E-state index in [1.54, 1.807) is 13.3 Å². The molecular weight excluding hydrogens is 248 g/mol. The van der Waals surface area contributed by atoms with Crippen LogP contribution in [-0.2, 0) is 4.74 Å². The van der Waals surface area contributed by atoms with Gasteiger partial charge in [0.25, 0.3) is 0 Å². The van der Waals surface area contributed by atoms with Crippen molar-refractivity contribution in [1.29, 1.82) is 0 Å². The lowest BCUT2D eigenvalue weighted by Crippen LogP contribution is -2.23. The third-order valence-corrected chi connectivity index (χ3v) is 2.30. The maximum Gasteiger partial charge on any atom is 0.222 e. The highest BCUT2D eigenvalue weighted by atomic mass is 79.9. The molecule has 2 N–H and O–H groups in total. The molecule has 0 aromatic carbocycles. The first-order chi connectivity index (χ1) is 6.65. The van der Waals surface area contributed by atoms with Crippen molar-refractivity contribution in [2.24, 2.45) is 0 Å². The van der Waals surface area contributed by atoms with E-state index in [9.17, 15) is 0 Å². The SMILES string of the molecule is COCCN(C)c1nc(N)ncc1Br. The van der Waals surface area contributed by atoms with Gasteiger partial charge in [-0.3, -0.25) is 0 Å². The smallest absolute Gasteiger partial charge is 0.222 e. The lowest BCUT2D eigenvalue weighted by Gasteiger charge is -2.18. The van der Waals surface area contributed by atoms with Gasteiger partial charge < -0.3 is 15.4 Å². The molecule has 0 aliphatic carbocycles. The van der Waals surface area contributed by atoms with Gasteiger partial charge in [0.15, 0.2) is 0 Å². The van der Waals surface area contributed by atoms with Crippen LogP contribution in [0.1, 0.15) is 0 Å². The lowest BCUT2D eigenvalue weighted by atomic mass is 10.5. The lowest BCUT2D eigenvalue weighted by molar-refractivity contribution is 0.206. The zero-order valence-electron chi connectivity index (χ0n) is 8.20. The van der Waals surface area contributed by atoms with Crippen LogP contribution in [-0.4, -0.2) is 37.3 Å². The van der Waals surface area contributed by atoms with E-state index in [4.69, 9.17) is 10.5 Å². The molecule has 14 heavy (non-hydrogen) atoms. The predicted molar refractivity (Wildman–Crippen MR) is 59.3 cm³/mol. The molecule has 0 amide bonds. The summed E-state index contributed by atoms with van der Waals surface area (Å²) in [6.45, 7) is 1.40. The highest BCUT2D eigenvalue weighted by Crippen LogP contribution is 2.22. The fourth-order valence-corrected chi connectivity index (χ4v) is 1.47. The van der Waals surface area contributed by atoms with Gasteiger partial charge in [-0.2, -0.15) is 4.98 Å². The third-order valence-electron chi connectivity index (χ3n) is 1.74. The van der Waals surface area contributed by atoms with Crippen LogP contribution in [0.2, 0.25) is 0 Å². The number of hydrogen-bond donors (Lipinski definition) is 1. The van der Waals surface area contributed by atoms with Gasteiger partial charge >= 0.3 is 0 Å². The number of ether oxygens (including phenoxy) is 1. The Morgan fingerprint density at radius 1 is 1.64 bits per heavy atom. The molecule has 1 heterocycles. The van der Waals surface area contributed by atoms with Gasteiger partial charge in [-0.1, -0.05) is 0 Å². The molecule has 0 saturated heterocycles. The fourth-order valence-electron chi connectivity index (χ4n) is 0.973. The number of nitrogen functional groups attached to an aromatic ring is 1. The summed E-state index contributed by atoms with van der Waals surface area (Å²) in [5.74, 6) is 1.04. The Morgan fingerprint density at radius 2 is 2.36 bits per heavy atom. The average molecular weight is 261 g/mol. The number of halogens is 1. The van der Waals surface area contributed by atoms with Gasteiger partial charge in [0.1, 0.15) is 5.82 Å². The predicted octanol–water partition coefficient (Wildman–Crippen LogP) is 0.904. The molecular formula is C8H13BrN4O. The molecule has 78 valence electrons. The monoisotopic (exact) mass is 260 g/mol. The van der Waals surface area contributed by atoms with Gasteiger partial charge in [0.05, 0.1) is 11.1 Å². The highest BCUT2D eigenvalue weighted by molar-refractivity contribution is 9.10. The largest absolute Gasteiger partial charge is 0.383 e. The van der Waals surface area contributed by atoms with E-state index in [-0.39, 0.29) is 5.95 Å². The Balaban J connectivity index is 2.77. The summed E-state index contributed by atoms with van der Waals surface area (Å²) in [5, 5.41) is 0. The second-order valence-electron chi connectivity index (χ2n) is 2.81. The van der Waals surface area contributed by atoms with Crippen LogP contribution in [0.3, 0.4) is 0 Å². The van der Waals surface area contributed by atoms with Crippen LogP contribution in [0.4, 0.5) is 11.8 Å². The van der Waals surface area contributed by atoms with Crippen molar-refractivity contribution in [1.82, 2.24) is 9.97 Å². The minimum absolute atomic E-state index is 0.271. The standard InChI is InChI=1S/C8H13BrN4O/c1-13(3-4-14-2)7-6(9)5-11-8(10)12-7/h5H,3-4H2,1-2H3,(H2,10,11,12). The van der Waals surface area contributed by atoms with Gasteiger partial charge in [-0.05, 0) is 15.9 Å². The summed E-state index contributed by atoms with van der Waals surface area (Å²) in [4.78, 5) is 9.93. The molecule has 0 radical (unpaired) electrons. The van der Waals surface area contributed by atoms with E-state index in [2.05, 4.69) is 25.9 Å². The van der Waals surface area contributed by atoms with Gasteiger partial charge in [-0.15, -0.1) is 0 Å². The minimum atomic E-state index is 0.271. The molecule has 1 aromatic heterocycles. The number of anilines is 2. The van der Waals surface area contributed by atoms with Crippen molar-refractivity contribution in [3.63, 3.8) is 0 Å². The zero-order chi connectivity index (χ0) is 10.6. The fraction of sp³-hybridized carbons (Fsp3) is 0.500. The highest BCUT2D eigenvalue weighted by Gasteiger charge is 2.07. The number of hydrogen-bond acceptors (Lipinski definition) is 5. The quantitative estimate of drug-likeness (QED) is 0.872. The molecule has 0 saturated carbocycles. The van der Waals surface area contributed by atoms with Crippen molar-refractivity contribution in [3.8, 4) is 0 Å². The van der Waals surface area contributed by atoms with Crippen molar-refractivity contribution >= 4 is 27.7 Å². The summed E-state index contributed by atoms with van der Waals surface area (Å²) in [6, 6.07) is 0. The number of likely N-dealkylation sites (N-methyl/N-ethyl adjacent to an activating group) is 1. The van der Waals surface area contributed by atoms with Gasteiger partial charge in [0, 0.05) is 26.9 Å². The summed E-state index contributed by atoms with van der Waals surface area (Å²) in [7, 11) is 3.59. The first-order valence-electron chi connectivity index (χ1n) is 4.13. The van der Waals surface area contributed by atoms with E-state index in [1.165, 1.54) is 0 Å². The Morgan fingerprint density at radius 3 is 3.00 bits per heavy atom. The second-order valence-corrected chi connectivity index (χ2v) is 3.67. The maximum absolute atomic E-state index is 5.49. The molecule has 1 aromatic rings. The van der Waals surface area contributed by atoms with E-state index in [0.29, 0.717) is 6.61 Å². The Labute approximate surface area is 91.4 Å². The molecule has 5 nitrogen and oxygen atoms in total. The first kappa shape index (κ1) is 11.2. The zero-order valence-corrected chi connectivity index (χ0v) is 9.78. The molecule has 0 fully saturated rings. The second kappa shape index (κ2) is 5.11. The third kappa shape index (κ3) is 2.81. The van der Waals surface area contributed by atoms with Crippen LogP contribution in [0, 0.1) is 0 Å². The van der Waals surface area contributed by atoms with E-state index < -0.39 is 0 Å². The summed E-state index contributed by atoms with van der Waals surface area (Å²) >= 11 is 3.36. The molecule has 0 aliphatic heterocycles. The Kier molecular flexibility index (Phi) is 4.09. The van der Waals surface area contributed by atoms with Crippen LogP contribution >= 0.6 is 15.9 Å². The topological polar surface area (TPSA) is 64.3 Å². The molecule has 0 unspecified atom stereocenters. The van der Waals surface area contributed by atoms with E-state index >= 15 is 0 Å². The van der Waals surface area contributed by atoms with Crippen LogP contribution < -0.4 is 10.6 Å². The average Bonchev–Trinajstić information content (AvgIpc) is 2.18. The van der Waals surface area contributed by atoms with Crippen molar-refractivity contribution in [2.75, 3.05) is 37.9 Å².